The van der Waals surface area contributed by atoms with Crippen LogP contribution in [0.2, 0.25) is 0 Å². The summed E-state index contributed by atoms with van der Waals surface area (Å²) in [5, 5.41) is 6.52. The number of methoxy groups -OCH3 is 1. The van der Waals surface area contributed by atoms with Crippen molar-refractivity contribution < 1.29 is 9.13 Å². The Morgan fingerprint density at radius 1 is 1.29 bits per heavy atom. The SMILES string of the molecule is COc1cccnc1NC(=S)N[C@@H](C)c1ccc(F)cc1. The van der Waals surface area contributed by atoms with Gasteiger partial charge < -0.3 is 15.4 Å². The quantitative estimate of drug-likeness (QED) is 0.849. The lowest BCUT2D eigenvalue weighted by atomic mass is 10.1. The van der Waals surface area contributed by atoms with E-state index in [0.717, 1.165) is 5.56 Å². The Hall–Kier alpha value is -2.21. The number of aromatic nitrogens is 1. The van der Waals surface area contributed by atoms with Gasteiger partial charge in [-0.3, -0.25) is 0 Å². The molecule has 21 heavy (non-hydrogen) atoms. The van der Waals surface area contributed by atoms with E-state index in [4.69, 9.17) is 17.0 Å². The smallest absolute Gasteiger partial charge is 0.174 e. The summed E-state index contributed by atoms with van der Waals surface area (Å²) in [7, 11) is 1.57. The van der Waals surface area contributed by atoms with Gasteiger partial charge >= 0.3 is 0 Å². The first-order valence-corrected chi connectivity index (χ1v) is 6.83. The van der Waals surface area contributed by atoms with E-state index in [1.165, 1.54) is 12.1 Å². The summed E-state index contributed by atoms with van der Waals surface area (Å²) in [6.45, 7) is 1.94. The number of hydrogen-bond donors (Lipinski definition) is 2. The zero-order chi connectivity index (χ0) is 15.2. The first-order valence-electron chi connectivity index (χ1n) is 6.42. The molecule has 110 valence electrons. The van der Waals surface area contributed by atoms with Gasteiger partial charge in [0, 0.05) is 6.20 Å². The van der Waals surface area contributed by atoms with Gasteiger partial charge in [0.25, 0.3) is 0 Å². The zero-order valence-corrected chi connectivity index (χ0v) is 12.6. The van der Waals surface area contributed by atoms with Crippen LogP contribution in [0.4, 0.5) is 10.2 Å². The predicted octanol–water partition coefficient (Wildman–Crippen LogP) is 3.28. The summed E-state index contributed by atoms with van der Waals surface area (Å²) < 4.78 is 18.1. The molecule has 0 fully saturated rings. The van der Waals surface area contributed by atoms with E-state index in [9.17, 15) is 4.39 Å². The maximum absolute atomic E-state index is 12.9. The molecule has 0 spiro atoms. The van der Waals surface area contributed by atoms with Crippen molar-refractivity contribution in [2.45, 2.75) is 13.0 Å². The van der Waals surface area contributed by atoms with Crippen molar-refractivity contribution in [2.24, 2.45) is 0 Å². The lowest BCUT2D eigenvalue weighted by molar-refractivity contribution is 0.415. The van der Waals surface area contributed by atoms with Crippen LogP contribution in [0.15, 0.2) is 42.6 Å². The summed E-state index contributed by atoms with van der Waals surface area (Å²) in [6, 6.07) is 9.80. The highest BCUT2D eigenvalue weighted by Gasteiger charge is 2.09. The van der Waals surface area contributed by atoms with Gasteiger partial charge in [-0.05, 0) is 49.0 Å². The van der Waals surface area contributed by atoms with E-state index in [1.807, 2.05) is 6.92 Å². The van der Waals surface area contributed by atoms with Crippen molar-refractivity contribution >= 4 is 23.1 Å². The number of nitrogens with one attached hydrogen (secondary N) is 2. The molecule has 1 heterocycles. The minimum absolute atomic E-state index is 0.0553. The lowest BCUT2D eigenvalue weighted by Gasteiger charge is -2.17. The second kappa shape index (κ2) is 6.99. The van der Waals surface area contributed by atoms with Crippen molar-refractivity contribution in [2.75, 3.05) is 12.4 Å². The Bertz CT molecular complexity index is 619. The number of pyridine rings is 1. The Balaban J connectivity index is 1.99. The summed E-state index contributed by atoms with van der Waals surface area (Å²) in [5.74, 6) is 0.893. The third kappa shape index (κ3) is 4.13. The number of halogens is 1. The van der Waals surface area contributed by atoms with Crippen LogP contribution in [0.5, 0.6) is 5.75 Å². The number of thiocarbonyl (C=S) groups is 1. The van der Waals surface area contributed by atoms with E-state index >= 15 is 0 Å². The van der Waals surface area contributed by atoms with Gasteiger partial charge in [-0.1, -0.05) is 12.1 Å². The Morgan fingerprint density at radius 2 is 2.00 bits per heavy atom. The minimum atomic E-state index is -0.259. The van der Waals surface area contributed by atoms with Crippen molar-refractivity contribution in [3.05, 3.63) is 54.0 Å². The van der Waals surface area contributed by atoms with Crippen LogP contribution in [0.3, 0.4) is 0 Å². The summed E-state index contributed by atoms with van der Waals surface area (Å²) >= 11 is 5.25. The van der Waals surface area contributed by atoms with Crippen LogP contribution < -0.4 is 15.4 Å². The molecule has 1 aromatic heterocycles. The standard InChI is InChI=1S/C15H16FN3OS/c1-10(11-5-7-12(16)8-6-11)18-15(21)19-14-13(20-2)4-3-9-17-14/h3-10H,1-2H3,(H2,17,18,19,21)/t10-/m0/s1. The third-order valence-corrected chi connectivity index (χ3v) is 3.16. The Kier molecular flexibility index (Phi) is 5.05. The number of benzene rings is 1. The van der Waals surface area contributed by atoms with Gasteiger partial charge in [0.2, 0.25) is 0 Å². The highest BCUT2D eigenvalue weighted by Crippen LogP contribution is 2.20. The topological polar surface area (TPSA) is 46.2 Å². The van der Waals surface area contributed by atoms with Crippen molar-refractivity contribution in [1.29, 1.82) is 0 Å². The van der Waals surface area contributed by atoms with Crippen molar-refractivity contribution in [1.82, 2.24) is 10.3 Å². The fourth-order valence-corrected chi connectivity index (χ4v) is 2.10. The van der Waals surface area contributed by atoms with Crippen LogP contribution in [0.25, 0.3) is 0 Å². The molecule has 2 rings (SSSR count). The molecule has 0 saturated heterocycles. The van der Waals surface area contributed by atoms with Crippen molar-refractivity contribution in [3.63, 3.8) is 0 Å². The van der Waals surface area contributed by atoms with E-state index in [-0.39, 0.29) is 11.9 Å². The normalized spacial score (nSPS) is 11.6. The molecule has 0 aliphatic carbocycles. The van der Waals surface area contributed by atoms with Gasteiger partial charge in [-0.15, -0.1) is 0 Å². The molecular weight excluding hydrogens is 289 g/mol. The number of hydrogen-bond acceptors (Lipinski definition) is 3. The molecule has 1 aromatic carbocycles. The summed E-state index contributed by atoms with van der Waals surface area (Å²) in [5.41, 5.74) is 0.938. The fraction of sp³-hybridized carbons (Fsp3) is 0.200. The average molecular weight is 305 g/mol. The van der Waals surface area contributed by atoms with Crippen LogP contribution in [-0.4, -0.2) is 17.2 Å². The van der Waals surface area contributed by atoms with E-state index in [0.29, 0.717) is 16.7 Å². The molecule has 0 unspecified atom stereocenters. The highest BCUT2D eigenvalue weighted by molar-refractivity contribution is 7.80. The molecule has 1 atom stereocenters. The third-order valence-electron chi connectivity index (χ3n) is 2.94. The minimum Gasteiger partial charge on any atom is -0.493 e. The monoisotopic (exact) mass is 305 g/mol. The molecule has 2 N–H and O–H groups in total. The summed E-state index contributed by atoms with van der Waals surface area (Å²) in [6.07, 6.45) is 1.65. The van der Waals surface area contributed by atoms with Crippen LogP contribution in [0.1, 0.15) is 18.5 Å². The maximum atomic E-state index is 12.9. The molecule has 4 nitrogen and oxygen atoms in total. The van der Waals surface area contributed by atoms with Gasteiger partial charge in [0.15, 0.2) is 16.7 Å². The molecule has 0 aliphatic heterocycles. The average Bonchev–Trinajstić information content (AvgIpc) is 2.48. The first kappa shape index (κ1) is 15.2. The van der Waals surface area contributed by atoms with E-state index < -0.39 is 0 Å². The molecule has 0 radical (unpaired) electrons. The van der Waals surface area contributed by atoms with Gasteiger partial charge in [0.05, 0.1) is 13.2 Å². The molecule has 0 saturated carbocycles. The second-order valence-corrected chi connectivity index (χ2v) is 4.83. The molecular formula is C15H16FN3OS. The van der Waals surface area contributed by atoms with E-state index in [2.05, 4.69) is 15.6 Å². The first-order chi connectivity index (χ1) is 10.1. The highest BCUT2D eigenvalue weighted by atomic mass is 32.1. The van der Waals surface area contributed by atoms with Gasteiger partial charge in [-0.2, -0.15) is 0 Å². The number of ether oxygens (including phenoxy) is 1. The predicted molar refractivity (Wildman–Crippen MR) is 85.0 cm³/mol. The Morgan fingerprint density at radius 3 is 2.67 bits per heavy atom. The summed E-state index contributed by atoms with van der Waals surface area (Å²) in [4.78, 5) is 4.17. The van der Waals surface area contributed by atoms with Gasteiger partial charge in [-0.25, -0.2) is 9.37 Å². The van der Waals surface area contributed by atoms with Gasteiger partial charge in [0.1, 0.15) is 5.82 Å². The largest absolute Gasteiger partial charge is 0.493 e. The molecule has 2 aromatic rings. The fourth-order valence-electron chi connectivity index (χ4n) is 1.82. The zero-order valence-electron chi connectivity index (χ0n) is 11.8. The van der Waals surface area contributed by atoms with Crippen molar-refractivity contribution in [3.8, 4) is 5.75 Å². The Labute approximate surface area is 128 Å². The number of anilines is 1. The van der Waals surface area contributed by atoms with E-state index in [1.54, 1.807) is 37.6 Å². The van der Waals surface area contributed by atoms with Crippen LogP contribution in [0, 0.1) is 5.82 Å². The number of rotatable bonds is 4. The lowest BCUT2D eigenvalue weighted by Crippen LogP contribution is -2.31. The van der Waals surface area contributed by atoms with Crippen LogP contribution in [-0.2, 0) is 0 Å². The molecule has 0 bridgehead atoms. The maximum Gasteiger partial charge on any atom is 0.174 e. The molecule has 0 aliphatic rings. The second-order valence-electron chi connectivity index (χ2n) is 4.43. The molecule has 0 amide bonds. The molecule has 6 heteroatoms. The van der Waals surface area contributed by atoms with Crippen LogP contribution >= 0.6 is 12.2 Å². The number of nitrogens with zero attached hydrogens (tertiary/aromatic N) is 1.